The number of thiocarbonyl (C=S) groups is 1. The molecule has 2 aromatic carbocycles. The smallest absolute Gasteiger partial charge is 0.262 e. The number of nitrogens with one attached hydrogen (secondary N) is 2. The van der Waals surface area contributed by atoms with Crippen LogP contribution >= 0.6 is 12.2 Å². The minimum Gasteiger partial charge on any atom is -0.868 e. The zero-order chi connectivity index (χ0) is 19.1. The molecule has 2 aromatic rings. The van der Waals surface area contributed by atoms with Gasteiger partial charge in [-0.25, -0.2) is 0 Å². The van der Waals surface area contributed by atoms with Gasteiger partial charge in [0.15, 0.2) is 16.6 Å². The monoisotopic (exact) mass is 375 g/mol. The Hall–Kier alpha value is -3.40. The molecule has 0 radical (unpaired) electrons. The van der Waals surface area contributed by atoms with E-state index in [4.69, 9.17) is 21.7 Å². The number of methoxy groups -OCH3 is 2. The molecule has 0 aliphatic heterocycles. The van der Waals surface area contributed by atoms with Crippen LogP contribution in [0.1, 0.15) is 5.56 Å². The summed E-state index contributed by atoms with van der Waals surface area (Å²) in [4.78, 5) is 10.0. The van der Waals surface area contributed by atoms with Gasteiger partial charge in [-0.15, -0.1) is 0 Å². The first-order chi connectivity index (χ1) is 12.4. The molecular weight excluding hydrogens is 360 g/mol. The Morgan fingerprint density at radius 3 is 2.58 bits per heavy atom. The maximum absolute atomic E-state index is 11.3. The molecule has 2 N–H and O–H groups in total. The summed E-state index contributed by atoms with van der Waals surface area (Å²) in [5.74, 6) is 0.456. The number of nitrogens with zero attached hydrogens (tertiary/aromatic N) is 2. The number of hydrogen-bond donors (Lipinski definition) is 2. The first-order valence-corrected chi connectivity index (χ1v) is 7.63. The lowest BCUT2D eigenvalue weighted by molar-refractivity contribution is -0.398. The lowest BCUT2D eigenvalue weighted by atomic mass is 10.2. The van der Waals surface area contributed by atoms with E-state index in [1.165, 1.54) is 26.5 Å². The Morgan fingerprint density at radius 2 is 1.92 bits per heavy atom. The van der Waals surface area contributed by atoms with E-state index in [0.29, 0.717) is 22.7 Å². The van der Waals surface area contributed by atoms with Crippen molar-refractivity contribution in [1.29, 1.82) is 0 Å². The quantitative estimate of drug-likeness (QED) is 0.340. The molecule has 0 aliphatic carbocycles. The van der Waals surface area contributed by atoms with Crippen LogP contribution in [-0.4, -0.2) is 30.5 Å². The number of anilines is 1. The first-order valence-electron chi connectivity index (χ1n) is 7.22. The highest BCUT2D eigenvalue weighted by molar-refractivity contribution is 7.80. The summed E-state index contributed by atoms with van der Waals surface area (Å²) in [6, 6.07) is 8.84. The summed E-state index contributed by atoms with van der Waals surface area (Å²) in [5, 5.41) is 29.1. The molecule has 0 spiro atoms. The molecule has 9 nitrogen and oxygen atoms in total. The molecule has 0 heterocycles. The van der Waals surface area contributed by atoms with Gasteiger partial charge in [0, 0.05) is 23.4 Å². The van der Waals surface area contributed by atoms with E-state index >= 15 is 0 Å². The van der Waals surface area contributed by atoms with Gasteiger partial charge in [-0.2, -0.15) is 5.10 Å². The minimum absolute atomic E-state index is 0.198. The first kappa shape index (κ1) is 18.9. The molecule has 10 heteroatoms. The third-order valence-electron chi connectivity index (χ3n) is 3.20. The van der Waals surface area contributed by atoms with Crippen LogP contribution in [0.3, 0.4) is 0 Å². The van der Waals surface area contributed by atoms with Crippen molar-refractivity contribution in [2.24, 2.45) is 5.10 Å². The molecule has 0 aliphatic rings. The molecule has 136 valence electrons. The van der Waals surface area contributed by atoms with Crippen molar-refractivity contribution in [2.75, 3.05) is 19.5 Å². The Labute approximate surface area is 154 Å². The molecule has 0 bridgehead atoms. The van der Waals surface area contributed by atoms with Crippen molar-refractivity contribution < 1.29 is 19.5 Å². The highest BCUT2D eigenvalue weighted by Crippen LogP contribution is 2.29. The van der Waals surface area contributed by atoms with E-state index < -0.39 is 16.4 Å². The largest absolute Gasteiger partial charge is 0.868 e. The highest BCUT2D eigenvalue weighted by atomic mass is 32.1. The van der Waals surface area contributed by atoms with Crippen molar-refractivity contribution in [3.8, 4) is 17.2 Å². The van der Waals surface area contributed by atoms with Gasteiger partial charge < -0.3 is 19.9 Å². The van der Waals surface area contributed by atoms with E-state index in [0.717, 1.165) is 12.1 Å². The SMILES string of the molecule is COc1ccc(NC(=S)N/N=C\c2ccc([O-])c([N+](=O)[O-])c2)cc1OC. The van der Waals surface area contributed by atoms with Crippen LogP contribution in [0.25, 0.3) is 0 Å². The Morgan fingerprint density at radius 1 is 1.19 bits per heavy atom. The van der Waals surface area contributed by atoms with Crippen LogP contribution in [0.4, 0.5) is 11.4 Å². The van der Waals surface area contributed by atoms with Crippen LogP contribution < -0.4 is 25.3 Å². The topological polar surface area (TPSA) is 121 Å². The lowest BCUT2D eigenvalue weighted by Crippen LogP contribution is -2.23. The average molecular weight is 375 g/mol. The zero-order valence-corrected chi connectivity index (χ0v) is 14.7. The molecule has 0 amide bonds. The standard InChI is InChI=1S/C16H16N4O5S/c1-24-14-6-4-11(8-15(14)25-2)18-16(26)19-17-9-10-3-5-13(21)12(7-10)20(22)23/h3-9,21H,1-2H3,(H2,18,19,26)/p-1/b17-9-. The van der Waals surface area contributed by atoms with E-state index in [1.54, 1.807) is 18.2 Å². The van der Waals surface area contributed by atoms with E-state index in [9.17, 15) is 15.2 Å². The molecule has 0 fully saturated rings. The van der Waals surface area contributed by atoms with Crippen molar-refractivity contribution in [2.45, 2.75) is 0 Å². The van der Waals surface area contributed by atoms with Crippen LogP contribution in [0.5, 0.6) is 17.2 Å². The second-order valence-electron chi connectivity index (χ2n) is 4.88. The average Bonchev–Trinajstić information content (AvgIpc) is 2.62. The van der Waals surface area contributed by atoms with Crippen LogP contribution in [0.2, 0.25) is 0 Å². The van der Waals surface area contributed by atoms with E-state index in [2.05, 4.69) is 15.8 Å². The van der Waals surface area contributed by atoms with Crippen molar-refractivity contribution in [3.05, 3.63) is 52.1 Å². The van der Waals surface area contributed by atoms with Gasteiger partial charge in [0.05, 0.1) is 25.4 Å². The van der Waals surface area contributed by atoms with Crippen molar-refractivity contribution in [1.82, 2.24) is 5.43 Å². The minimum atomic E-state index is -0.740. The molecule has 2 rings (SSSR count). The normalized spacial score (nSPS) is 10.4. The molecular formula is C16H15N4O5S-. The fraction of sp³-hybridized carbons (Fsp3) is 0.125. The number of nitro groups is 1. The number of hydrogen-bond acceptors (Lipinski definition) is 7. The maximum Gasteiger partial charge on any atom is 0.262 e. The van der Waals surface area contributed by atoms with Gasteiger partial charge in [-0.05, 0) is 30.1 Å². The van der Waals surface area contributed by atoms with Gasteiger partial charge in [0.2, 0.25) is 0 Å². The van der Waals surface area contributed by atoms with Crippen molar-refractivity contribution in [3.63, 3.8) is 0 Å². The molecule has 0 atom stereocenters. The predicted octanol–water partition coefficient (Wildman–Crippen LogP) is 2.01. The van der Waals surface area contributed by atoms with Gasteiger partial charge >= 0.3 is 0 Å². The third-order valence-corrected chi connectivity index (χ3v) is 3.39. The lowest BCUT2D eigenvalue weighted by Gasteiger charge is -2.11. The van der Waals surface area contributed by atoms with Gasteiger partial charge in [-0.1, -0.05) is 12.1 Å². The van der Waals surface area contributed by atoms with E-state index in [1.807, 2.05) is 0 Å². The number of benzene rings is 2. The fourth-order valence-corrected chi connectivity index (χ4v) is 2.17. The maximum atomic E-state index is 11.3. The summed E-state index contributed by atoms with van der Waals surface area (Å²) in [6.45, 7) is 0. The number of hydrazone groups is 1. The Bertz CT molecular complexity index is 857. The van der Waals surface area contributed by atoms with E-state index in [-0.39, 0.29) is 5.11 Å². The molecule has 0 aromatic heterocycles. The Balaban J connectivity index is 1.99. The molecule has 0 unspecified atom stereocenters. The summed E-state index contributed by atoms with van der Waals surface area (Å²) < 4.78 is 10.3. The second kappa shape index (κ2) is 8.62. The van der Waals surface area contributed by atoms with Crippen LogP contribution in [0.15, 0.2) is 41.5 Å². The van der Waals surface area contributed by atoms with Crippen molar-refractivity contribution >= 4 is 34.9 Å². The van der Waals surface area contributed by atoms with Gasteiger partial charge in [-0.3, -0.25) is 15.5 Å². The second-order valence-corrected chi connectivity index (χ2v) is 5.29. The number of rotatable bonds is 6. The zero-order valence-electron chi connectivity index (χ0n) is 13.9. The summed E-state index contributed by atoms with van der Waals surface area (Å²) in [5.41, 5.74) is 3.11. The van der Waals surface area contributed by atoms with Gasteiger partial charge in [0.1, 0.15) is 0 Å². The van der Waals surface area contributed by atoms with Crippen LogP contribution in [0, 0.1) is 10.1 Å². The summed E-state index contributed by atoms with van der Waals surface area (Å²) >= 11 is 5.11. The molecule has 0 saturated carbocycles. The number of ether oxygens (including phenoxy) is 2. The molecule has 26 heavy (non-hydrogen) atoms. The third kappa shape index (κ3) is 4.80. The summed E-state index contributed by atoms with van der Waals surface area (Å²) in [7, 11) is 3.06. The van der Waals surface area contributed by atoms with Crippen LogP contribution in [-0.2, 0) is 0 Å². The Kier molecular flexibility index (Phi) is 6.28. The predicted molar refractivity (Wildman–Crippen MR) is 99.0 cm³/mol. The molecule has 0 saturated heterocycles. The fourth-order valence-electron chi connectivity index (χ4n) is 2.00. The number of nitro benzene ring substituents is 1. The van der Waals surface area contributed by atoms with Gasteiger partial charge in [0.25, 0.3) is 5.69 Å². The summed E-state index contributed by atoms with van der Waals surface area (Å²) in [6.07, 6.45) is 1.31. The highest BCUT2D eigenvalue weighted by Gasteiger charge is 2.07.